The number of nitrogens with zero attached hydrogens (tertiary/aromatic N) is 1. The molecule has 2 aromatic carbocycles. The van der Waals surface area contributed by atoms with Crippen molar-refractivity contribution in [1.29, 1.82) is 0 Å². The summed E-state index contributed by atoms with van der Waals surface area (Å²) in [6, 6.07) is 14.5. The van der Waals surface area contributed by atoms with Crippen LogP contribution in [0.1, 0.15) is 52.7 Å². The van der Waals surface area contributed by atoms with Gasteiger partial charge in [0.1, 0.15) is 17.5 Å². The van der Waals surface area contributed by atoms with Gasteiger partial charge < -0.3 is 19.7 Å². The SMILES string of the molecule is COc1cccc(CN(C(=O)COc2ccccc2C(C)(C)C)[C@H](C)C(=O)NC(C)C)c1. The minimum absolute atomic E-state index is 0.0198. The van der Waals surface area contributed by atoms with Crippen LogP contribution in [-0.4, -0.2) is 42.5 Å². The predicted octanol–water partition coefficient (Wildman–Crippen LogP) is 4.31. The summed E-state index contributed by atoms with van der Waals surface area (Å²) in [7, 11) is 1.60. The van der Waals surface area contributed by atoms with Crippen LogP contribution in [0.4, 0.5) is 0 Å². The second-order valence-corrected chi connectivity index (χ2v) is 9.25. The highest BCUT2D eigenvalue weighted by atomic mass is 16.5. The first-order valence-electron chi connectivity index (χ1n) is 11.0. The fourth-order valence-corrected chi connectivity index (χ4v) is 3.39. The summed E-state index contributed by atoms with van der Waals surface area (Å²) < 4.78 is 11.3. The number of nitrogens with one attached hydrogen (secondary N) is 1. The van der Waals surface area contributed by atoms with Gasteiger partial charge in [-0.15, -0.1) is 0 Å². The van der Waals surface area contributed by atoms with Gasteiger partial charge in [-0.3, -0.25) is 9.59 Å². The van der Waals surface area contributed by atoms with E-state index in [2.05, 4.69) is 26.1 Å². The van der Waals surface area contributed by atoms with Crippen LogP contribution >= 0.6 is 0 Å². The lowest BCUT2D eigenvalue weighted by Gasteiger charge is -2.30. The lowest BCUT2D eigenvalue weighted by Crippen LogP contribution is -2.50. The zero-order chi connectivity index (χ0) is 23.9. The number of methoxy groups -OCH3 is 1. The fraction of sp³-hybridized carbons (Fsp3) is 0.462. The van der Waals surface area contributed by atoms with Gasteiger partial charge in [-0.25, -0.2) is 0 Å². The van der Waals surface area contributed by atoms with Crippen LogP contribution in [0.15, 0.2) is 48.5 Å². The van der Waals surface area contributed by atoms with E-state index in [4.69, 9.17) is 9.47 Å². The van der Waals surface area contributed by atoms with Gasteiger partial charge in [0.15, 0.2) is 6.61 Å². The topological polar surface area (TPSA) is 67.9 Å². The molecule has 0 aromatic heterocycles. The van der Waals surface area contributed by atoms with Crippen molar-refractivity contribution < 1.29 is 19.1 Å². The van der Waals surface area contributed by atoms with E-state index in [1.807, 2.05) is 62.4 Å². The molecule has 32 heavy (non-hydrogen) atoms. The maximum absolute atomic E-state index is 13.3. The summed E-state index contributed by atoms with van der Waals surface area (Å²) in [5.74, 6) is 0.910. The Bertz CT molecular complexity index is 918. The molecule has 0 saturated heterocycles. The first-order valence-corrected chi connectivity index (χ1v) is 11.0. The summed E-state index contributed by atoms with van der Waals surface area (Å²) in [6.45, 7) is 11.9. The number of hydrogen-bond acceptors (Lipinski definition) is 4. The normalized spacial score (nSPS) is 12.2. The van der Waals surface area contributed by atoms with Crippen molar-refractivity contribution in [3.63, 3.8) is 0 Å². The van der Waals surface area contributed by atoms with Gasteiger partial charge >= 0.3 is 0 Å². The molecule has 0 saturated carbocycles. The average molecular weight is 441 g/mol. The maximum Gasteiger partial charge on any atom is 0.261 e. The molecule has 6 nitrogen and oxygen atoms in total. The number of benzene rings is 2. The van der Waals surface area contributed by atoms with E-state index >= 15 is 0 Å². The van der Waals surface area contributed by atoms with Crippen molar-refractivity contribution in [1.82, 2.24) is 10.2 Å². The third-order valence-electron chi connectivity index (χ3n) is 5.13. The molecule has 0 spiro atoms. The third kappa shape index (κ3) is 7.01. The van der Waals surface area contributed by atoms with E-state index in [1.165, 1.54) is 0 Å². The van der Waals surface area contributed by atoms with Crippen LogP contribution in [0, 0.1) is 0 Å². The highest BCUT2D eigenvalue weighted by molar-refractivity contribution is 5.88. The fourth-order valence-electron chi connectivity index (χ4n) is 3.39. The number of para-hydroxylation sites is 1. The predicted molar refractivity (Wildman–Crippen MR) is 127 cm³/mol. The molecule has 2 rings (SSSR count). The minimum Gasteiger partial charge on any atom is -0.497 e. The largest absolute Gasteiger partial charge is 0.497 e. The highest BCUT2D eigenvalue weighted by Crippen LogP contribution is 2.31. The molecular weight excluding hydrogens is 404 g/mol. The molecule has 6 heteroatoms. The lowest BCUT2D eigenvalue weighted by atomic mass is 9.86. The van der Waals surface area contributed by atoms with Crippen LogP contribution in [-0.2, 0) is 21.5 Å². The Hall–Kier alpha value is -3.02. The molecule has 1 N–H and O–H groups in total. The summed E-state index contributed by atoms with van der Waals surface area (Å²) in [5, 5.41) is 2.89. The molecule has 0 bridgehead atoms. The molecule has 0 fully saturated rings. The molecule has 0 aliphatic carbocycles. The molecule has 174 valence electrons. The summed E-state index contributed by atoms with van der Waals surface area (Å²) >= 11 is 0. The molecule has 2 amide bonds. The molecule has 0 aliphatic rings. The van der Waals surface area contributed by atoms with Crippen molar-refractivity contribution in [2.45, 2.75) is 65.6 Å². The maximum atomic E-state index is 13.3. The summed E-state index contributed by atoms with van der Waals surface area (Å²) in [4.78, 5) is 27.5. The number of carbonyl (C=O) groups is 2. The Kier molecular flexibility index (Phi) is 8.70. The molecule has 0 radical (unpaired) electrons. The third-order valence-corrected chi connectivity index (χ3v) is 5.13. The lowest BCUT2D eigenvalue weighted by molar-refractivity contribution is -0.142. The highest BCUT2D eigenvalue weighted by Gasteiger charge is 2.27. The first-order chi connectivity index (χ1) is 15.0. The number of hydrogen-bond donors (Lipinski definition) is 1. The number of ether oxygens (including phenoxy) is 2. The first kappa shape index (κ1) is 25.2. The van der Waals surface area contributed by atoms with Crippen LogP contribution in [0.25, 0.3) is 0 Å². The van der Waals surface area contributed by atoms with Gasteiger partial charge in [0.25, 0.3) is 5.91 Å². The van der Waals surface area contributed by atoms with Crippen LogP contribution in [0.3, 0.4) is 0 Å². The summed E-state index contributed by atoms with van der Waals surface area (Å²) in [6.07, 6.45) is 0. The molecule has 0 aliphatic heterocycles. The number of rotatable bonds is 9. The van der Waals surface area contributed by atoms with Gasteiger partial charge in [0.2, 0.25) is 5.91 Å². The van der Waals surface area contributed by atoms with Crippen molar-refractivity contribution >= 4 is 11.8 Å². The molecule has 0 heterocycles. The second-order valence-electron chi connectivity index (χ2n) is 9.25. The zero-order valence-electron chi connectivity index (χ0n) is 20.3. The molecule has 2 aromatic rings. The van der Waals surface area contributed by atoms with Gasteiger partial charge in [-0.05, 0) is 55.5 Å². The van der Waals surface area contributed by atoms with E-state index in [1.54, 1.807) is 18.9 Å². The monoisotopic (exact) mass is 440 g/mol. The van der Waals surface area contributed by atoms with Gasteiger partial charge in [0, 0.05) is 12.6 Å². The van der Waals surface area contributed by atoms with Crippen molar-refractivity contribution in [3.8, 4) is 11.5 Å². The Balaban J connectivity index is 2.24. The van der Waals surface area contributed by atoms with E-state index in [0.29, 0.717) is 11.5 Å². The summed E-state index contributed by atoms with van der Waals surface area (Å²) in [5.41, 5.74) is 1.78. The average Bonchev–Trinajstić information content (AvgIpc) is 2.74. The number of carbonyl (C=O) groups excluding carboxylic acids is 2. The van der Waals surface area contributed by atoms with E-state index in [9.17, 15) is 9.59 Å². The second kappa shape index (κ2) is 11.0. The Morgan fingerprint density at radius 2 is 1.72 bits per heavy atom. The smallest absolute Gasteiger partial charge is 0.261 e. The van der Waals surface area contributed by atoms with Gasteiger partial charge in [0.05, 0.1) is 7.11 Å². The van der Waals surface area contributed by atoms with Crippen molar-refractivity contribution in [3.05, 3.63) is 59.7 Å². The Morgan fingerprint density at radius 3 is 2.34 bits per heavy atom. The van der Waals surface area contributed by atoms with Gasteiger partial charge in [-0.1, -0.05) is 51.1 Å². The quantitative estimate of drug-likeness (QED) is 0.631. The van der Waals surface area contributed by atoms with Crippen molar-refractivity contribution in [2.75, 3.05) is 13.7 Å². The van der Waals surface area contributed by atoms with Gasteiger partial charge in [-0.2, -0.15) is 0 Å². The number of amides is 2. The van der Waals surface area contributed by atoms with E-state index < -0.39 is 6.04 Å². The Labute approximate surface area is 191 Å². The van der Waals surface area contributed by atoms with Crippen molar-refractivity contribution in [2.24, 2.45) is 0 Å². The standard InChI is InChI=1S/C26H36N2O4/c1-18(2)27-25(30)19(3)28(16-20-11-10-12-21(15-20)31-7)24(29)17-32-23-14-9-8-13-22(23)26(4,5)6/h8-15,18-19H,16-17H2,1-7H3,(H,27,30)/t19-/m1/s1. The van der Waals surface area contributed by atoms with Crippen LogP contribution in [0.5, 0.6) is 11.5 Å². The molecule has 1 atom stereocenters. The Morgan fingerprint density at radius 1 is 1.03 bits per heavy atom. The molecular formula is C26H36N2O4. The minimum atomic E-state index is -0.655. The zero-order valence-corrected chi connectivity index (χ0v) is 20.3. The van der Waals surface area contributed by atoms with Crippen LogP contribution in [0.2, 0.25) is 0 Å². The molecule has 0 unspecified atom stereocenters. The van der Waals surface area contributed by atoms with E-state index in [0.717, 1.165) is 11.1 Å². The van der Waals surface area contributed by atoms with Crippen LogP contribution < -0.4 is 14.8 Å². The van der Waals surface area contributed by atoms with E-state index in [-0.39, 0.29) is 36.4 Å².